The Morgan fingerprint density at radius 3 is 2.48 bits per heavy atom. The van der Waals surface area contributed by atoms with Crippen LogP contribution in [0.3, 0.4) is 0 Å². The SMILES string of the molecule is C=CCNC(=O)C1=NN(c2ccccc2)C(c2ccccc2)C1. The number of hydrazone groups is 1. The number of hydrogen-bond donors (Lipinski definition) is 1. The van der Waals surface area contributed by atoms with Crippen LogP contribution in [0.1, 0.15) is 18.0 Å². The number of anilines is 1. The zero-order chi connectivity index (χ0) is 16.1. The van der Waals surface area contributed by atoms with E-state index in [1.807, 2.05) is 53.5 Å². The molecule has 0 radical (unpaired) electrons. The average molecular weight is 305 g/mol. The van der Waals surface area contributed by atoms with Crippen LogP contribution < -0.4 is 10.3 Å². The number of para-hydroxylation sites is 1. The number of nitrogens with zero attached hydrogens (tertiary/aromatic N) is 2. The van der Waals surface area contributed by atoms with Gasteiger partial charge < -0.3 is 5.32 Å². The molecule has 3 rings (SSSR count). The van der Waals surface area contributed by atoms with Gasteiger partial charge >= 0.3 is 0 Å². The molecule has 0 aromatic heterocycles. The number of carbonyl (C=O) groups excluding carboxylic acids is 1. The monoisotopic (exact) mass is 305 g/mol. The summed E-state index contributed by atoms with van der Waals surface area (Å²) in [7, 11) is 0. The number of benzene rings is 2. The molecule has 2 aromatic rings. The molecular weight excluding hydrogens is 286 g/mol. The normalized spacial score (nSPS) is 16.8. The highest BCUT2D eigenvalue weighted by atomic mass is 16.2. The lowest BCUT2D eigenvalue weighted by atomic mass is 10.0. The predicted molar refractivity (Wildman–Crippen MR) is 93.4 cm³/mol. The molecule has 0 aliphatic carbocycles. The van der Waals surface area contributed by atoms with E-state index in [-0.39, 0.29) is 11.9 Å². The molecule has 1 unspecified atom stereocenters. The van der Waals surface area contributed by atoms with Gasteiger partial charge in [0.25, 0.3) is 5.91 Å². The number of carbonyl (C=O) groups is 1. The van der Waals surface area contributed by atoms with Crippen molar-refractivity contribution in [1.82, 2.24) is 5.32 Å². The minimum atomic E-state index is -0.135. The van der Waals surface area contributed by atoms with Crippen LogP contribution in [-0.4, -0.2) is 18.2 Å². The lowest BCUT2D eigenvalue weighted by molar-refractivity contribution is -0.114. The highest BCUT2D eigenvalue weighted by molar-refractivity contribution is 6.39. The van der Waals surface area contributed by atoms with Crippen LogP contribution in [0, 0.1) is 0 Å². The average Bonchev–Trinajstić information content (AvgIpc) is 3.06. The highest BCUT2D eigenvalue weighted by Gasteiger charge is 2.31. The van der Waals surface area contributed by atoms with Crippen LogP contribution in [0.5, 0.6) is 0 Å². The minimum Gasteiger partial charge on any atom is -0.347 e. The fourth-order valence-corrected chi connectivity index (χ4v) is 2.67. The van der Waals surface area contributed by atoms with Crippen molar-refractivity contribution in [2.75, 3.05) is 11.6 Å². The summed E-state index contributed by atoms with van der Waals surface area (Å²) in [5.74, 6) is -0.135. The van der Waals surface area contributed by atoms with E-state index in [9.17, 15) is 4.79 Å². The van der Waals surface area contributed by atoms with Crippen LogP contribution in [0.15, 0.2) is 78.4 Å². The van der Waals surface area contributed by atoms with Gasteiger partial charge in [-0.05, 0) is 17.7 Å². The van der Waals surface area contributed by atoms with Gasteiger partial charge in [-0.1, -0.05) is 54.6 Å². The van der Waals surface area contributed by atoms with Crippen LogP contribution in [0.4, 0.5) is 5.69 Å². The molecule has 0 fully saturated rings. The van der Waals surface area contributed by atoms with Gasteiger partial charge in [0, 0.05) is 13.0 Å². The Hall–Kier alpha value is -2.88. The lowest BCUT2D eigenvalue weighted by Crippen LogP contribution is -2.30. The Morgan fingerprint density at radius 2 is 1.83 bits per heavy atom. The number of hydrogen-bond acceptors (Lipinski definition) is 3. The first-order valence-electron chi connectivity index (χ1n) is 7.65. The summed E-state index contributed by atoms with van der Waals surface area (Å²) in [6.45, 7) is 4.06. The first kappa shape index (κ1) is 15.0. The Labute approximate surface area is 136 Å². The molecule has 1 amide bonds. The van der Waals surface area contributed by atoms with E-state index in [1.165, 1.54) is 0 Å². The molecule has 1 atom stereocenters. The molecule has 1 aliphatic heterocycles. The third kappa shape index (κ3) is 3.31. The topological polar surface area (TPSA) is 44.7 Å². The van der Waals surface area contributed by atoms with Gasteiger partial charge in [0.05, 0.1) is 11.7 Å². The fourth-order valence-electron chi connectivity index (χ4n) is 2.67. The van der Waals surface area contributed by atoms with E-state index < -0.39 is 0 Å². The zero-order valence-corrected chi connectivity index (χ0v) is 12.9. The molecule has 1 N–H and O–H groups in total. The third-order valence-electron chi connectivity index (χ3n) is 3.78. The van der Waals surface area contributed by atoms with Crippen LogP contribution in [-0.2, 0) is 4.79 Å². The molecule has 4 heteroatoms. The third-order valence-corrected chi connectivity index (χ3v) is 3.78. The quantitative estimate of drug-likeness (QED) is 0.862. The molecule has 0 saturated carbocycles. The van der Waals surface area contributed by atoms with Gasteiger partial charge in [-0.3, -0.25) is 9.80 Å². The van der Waals surface area contributed by atoms with Crippen molar-refractivity contribution in [3.8, 4) is 0 Å². The number of nitrogens with one attached hydrogen (secondary N) is 1. The molecule has 1 heterocycles. The van der Waals surface area contributed by atoms with Crippen molar-refractivity contribution in [2.24, 2.45) is 5.10 Å². The van der Waals surface area contributed by atoms with E-state index in [0.717, 1.165) is 11.3 Å². The maximum Gasteiger partial charge on any atom is 0.267 e. The molecular formula is C19H19N3O. The second-order valence-electron chi connectivity index (χ2n) is 5.36. The van der Waals surface area contributed by atoms with E-state index in [4.69, 9.17) is 0 Å². The van der Waals surface area contributed by atoms with E-state index >= 15 is 0 Å². The second-order valence-corrected chi connectivity index (χ2v) is 5.36. The summed E-state index contributed by atoms with van der Waals surface area (Å²) in [5, 5.41) is 9.31. The van der Waals surface area contributed by atoms with Gasteiger partial charge in [-0.2, -0.15) is 5.10 Å². The molecule has 23 heavy (non-hydrogen) atoms. The molecule has 0 bridgehead atoms. The maximum absolute atomic E-state index is 12.2. The molecule has 0 spiro atoms. The molecule has 4 nitrogen and oxygen atoms in total. The van der Waals surface area contributed by atoms with Gasteiger partial charge in [0.15, 0.2) is 0 Å². The number of amides is 1. The Kier molecular flexibility index (Phi) is 4.52. The van der Waals surface area contributed by atoms with Crippen molar-refractivity contribution in [3.63, 3.8) is 0 Å². The van der Waals surface area contributed by atoms with Crippen molar-refractivity contribution in [3.05, 3.63) is 78.9 Å². The Bertz CT molecular complexity index is 710. The molecule has 1 aliphatic rings. The number of rotatable bonds is 5. The second kappa shape index (κ2) is 6.92. The van der Waals surface area contributed by atoms with Crippen molar-refractivity contribution >= 4 is 17.3 Å². The first-order valence-corrected chi connectivity index (χ1v) is 7.65. The Morgan fingerprint density at radius 1 is 1.17 bits per heavy atom. The first-order chi connectivity index (χ1) is 11.3. The standard InChI is InChI=1S/C19H19N3O/c1-2-13-20-19(23)17-14-18(15-9-5-3-6-10-15)22(21-17)16-11-7-4-8-12-16/h2-12,18H,1,13-14H2,(H,20,23). The van der Waals surface area contributed by atoms with Crippen molar-refractivity contribution < 1.29 is 4.79 Å². The Balaban J connectivity index is 1.91. The van der Waals surface area contributed by atoms with Crippen LogP contribution >= 0.6 is 0 Å². The summed E-state index contributed by atoms with van der Waals surface area (Å²) < 4.78 is 0. The maximum atomic E-state index is 12.2. The lowest BCUT2D eigenvalue weighted by Gasteiger charge is -2.23. The van der Waals surface area contributed by atoms with E-state index in [1.54, 1.807) is 6.08 Å². The fraction of sp³-hybridized carbons (Fsp3) is 0.158. The predicted octanol–water partition coefficient (Wildman–Crippen LogP) is 3.30. The molecule has 116 valence electrons. The summed E-state index contributed by atoms with van der Waals surface area (Å²) in [4.78, 5) is 12.2. The summed E-state index contributed by atoms with van der Waals surface area (Å²) in [6.07, 6.45) is 2.25. The van der Waals surface area contributed by atoms with E-state index in [0.29, 0.717) is 18.7 Å². The van der Waals surface area contributed by atoms with Gasteiger partial charge in [-0.15, -0.1) is 6.58 Å². The van der Waals surface area contributed by atoms with Crippen LogP contribution in [0.25, 0.3) is 0 Å². The van der Waals surface area contributed by atoms with Crippen LogP contribution in [0.2, 0.25) is 0 Å². The van der Waals surface area contributed by atoms with Crippen molar-refractivity contribution in [2.45, 2.75) is 12.5 Å². The largest absolute Gasteiger partial charge is 0.347 e. The van der Waals surface area contributed by atoms with Gasteiger partial charge in [0.1, 0.15) is 5.71 Å². The minimum absolute atomic E-state index is 0.0306. The summed E-state index contributed by atoms with van der Waals surface area (Å²) in [6, 6.07) is 20.1. The van der Waals surface area contributed by atoms with Gasteiger partial charge in [0.2, 0.25) is 0 Å². The zero-order valence-electron chi connectivity index (χ0n) is 12.9. The van der Waals surface area contributed by atoms with E-state index in [2.05, 4.69) is 29.1 Å². The smallest absolute Gasteiger partial charge is 0.267 e. The van der Waals surface area contributed by atoms with Gasteiger partial charge in [-0.25, -0.2) is 0 Å². The summed E-state index contributed by atoms with van der Waals surface area (Å²) >= 11 is 0. The highest BCUT2D eigenvalue weighted by Crippen LogP contribution is 2.34. The van der Waals surface area contributed by atoms with Crippen molar-refractivity contribution in [1.29, 1.82) is 0 Å². The molecule has 0 saturated heterocycles. The molecule has 2 aromatic carbocycles. The summed E-state index contributed by atoms with van der Waals surface area (Å²) in [5.41, 5.74) is 2.67.